The zero-order valence-corrected chi connectivity index (χ0v) is 13.5. The highest BCUT2D eigenvalue weighted by atomic mass is 16.5. The minimum absolute atomic E-state index is 0.0113. The van der Waals surface area contributed by atoms with Crippen LogP contribution in [0.3, 0.4) is 0 Å². The van der Waals surface area contributed by atoms with Gasteiger partial charge in [-0.05, 0) is 31.5 Å². The molecule has 1 unspecified atom stereocenters. The Morgan fingerprint density at radius 2 is 2.04 bits per heavy atom. The number of ether oxygens (including phenoxy) is 3. The van der Waals surface area contributed by atoms with E-state index in [9.17, 15) is 9.59 Å². The topological polar surface area (TPSA) is 73.9 Å². The maximum Gasteiger partial charge on any atom is 0.338 e. The summed E-state index contributed by atoms with van der Waals surface area (Å²) in [6.45, 7) is 5.29. The minimum atomic E-state index is -0.328. The van der Waals surface area contributed by atoms with Crippen LogP contribution >= 0.6 is 0 Å². The van der Waals surface area contributed by atoms with E-state index in [0.717, 1.165) is 5.56 Å². The van der Waals surface area contributed by atoms with Crippen LogP contribution in [0.4, 0.5) is 0 Å². The molecule has 2 rings (SSSR count). The number of hydrogen-bond acceptors (Lipinski definition) is 6. The van der Waals surface area contributed by atoms with E-state index >= 15 is 0 Å². The Bertz CT molecular complexity index is 538. The van der Waals surface area contributed by atoms with Crippen molar-refractivity contribution in [3.8, 4) is 0 Å². The first-order valence-electron chi connectivity index (χ1n) is 7.91. The van der Waals surface area contributed by atoms with Gasteiger partial charge in [-0.1, -0.05) is 12.1 Å². The van der Waals surface area contributed by atoms with E-state index in [1.54, 1.807) is 19.9 Å². The van der Waals surface area contributed by atoms with Crippen molar-refractivity contribution in [3.63, 3.8) is 0 Å². The molecule has 1 aliphatic heterocycles. The summed E-state index contributed by atoms with van der Waals surface area (Å²) in [4.78, 5) is 23.3. The minimum Gasteiger partial charge on any atom is -0.466 e. The molecule has 0 amide bonds. The molecule has 0 saturated carbocycles. The number of nitrogens with one attached hydrogen (secondary N) is 1. The number of carbonyl (C=O) groups is 2. The first kappa shape index (κ1) is 17.4. The second-order valence-corrected chi connectivity index (χ2v) is 5.27. The molecule has 1 aromatic carbocycles. The highest BCUT2D eigenvalue weighted by Crippen LogP contribution is 2.20. The fraction of sp³-hybridized carbons (Fsp3) is 0.529. The van der Waals surface area contributed by atoms with E-state index in [4.69, 9.17) is 14.2 Å². The predicted molar refractivity (Wildman–Crippen MR) is 84.1 cm³/mol. The Hall–Kier alpha value is -1.92. The summed E-state index contributed by atoms with van der Waals surface area (Å²) in [7, 11) is 0. The standard InChI is InChI=1S/C17H23NO5/c1-3-21-16(19)9-14-10-18-15(11-23-14)12-6-5-7-13(8-12)17(20)22-4-2/h5-8,14-15,18H,3-4,9-11H2,1-2H3/t14-,15?/m1/s1. The van der Waals surface area contributed by atoms with Crippen molar-refractivity contribution >= 4 is 11.9 Å². The molecule has 0 radical (unpaired) electrons. The first-order valence-corrected chi connectivity index (χ1v) is 7.91. The molecular weight excluding hydrogens is 298 g/mol. The van der Waals surface area contributed by atoms with Crippen LogP contribution in [-0.4, -0.2) is 44.4 Å². The molecule has 0 aliphatic carbocycles. The third-order valence-corrected chi connectivity index (χ3v) is 3.59. The van der Waals surface area contributed by atoms with Gasteiger partial charge < -0.3 is 19.5 Å². The molecule has 0 bridgehead atoms. The van der Waals surface area contributed by atoms with Crippen LogP contribution < -0.4 is 5.32 Å². The zero-order valence-electron chi connectivity index (χ0n) is 13.5. The van der Waals surface area contributed by atoms with Gasteiger partial charge in [0.1, 0.15) is 0 Å². The van der Waals surface area contributed by atoms with Gasteiger partial charge in [-0.3, -0.25) is 4.79 Å². The van der Waals surface area contributed by atoms with Crippen LogP contribution in [0, 0.1) is 0 Å². The van der Waals surface area contributed by atoms with Gasteiger partial charge in [0.15, 0.2) is 0 Å². The van der Waals surface area contributed by atoms with Crippen molar-refractivity contribution < 1.29 is 23.8 Å². The van der Waals surface area contributed by atoms with Crippen LogP contribution in [0.1, 0.15) is 42.2 Å². The monoisotopic (exact) mass is 321 g/mol. The number of esters is 2. The summed E-state index contributed by atoms with van der Waals surface area (Å²) in [5.41, 5.74) is 1.49. The van der Waals surface area contributed by atoms with Gasteiger partial charge >= 0.3 is 11.9 Å². The summed E-state index contributed by atoms with van der Waals surface area (Å²) in [5, 5.41) is 3.35. The highest BCUT2D eigenvalue weighted by Gasteiger charge is 2.25. The van der Waals surface area contributed by atoms with Crippen molar-refractivity contribution in [1.29, 1.82) is 0 Å². The second-order valence-electron chi connectivity index (χ2n) is 5.27. The third-order valence-electron chi connectivity index (χ3n) is 3.59. The quantitative estimate of drug-likeness (QED) is 0.806. The maximum absolute atomic E-state index is 11.8. The maximum atomic E-state index is 11.8. The van der Waals surface area contributed by atoms with E-state index in [0.29, 0.717) is 31.9 Å². The second kappa shape index (κ2) is 8.64. The lowest BCUT2D eigenvalue weighted by Gasteiger charge is -2.30. The zero-order chi connectivity index (χ0) is 16.7. The van der Waals surface area contributed by atoms with Crippen LogP contribution in [0.5, 0.6) is 0 Å². The van der Waals surface area contributed by atoms with E-state index in [-0.39, 0.29) is 30.5 Å². The van der Waals surface area contributed by atoms with Crippen LogP contribution in [-0.2, 0) is 19.0 Å². The molecular formula is C17H23NO5. The molecule has 6 heteroatoms. The molecule has 0 spiro atoms. The van der Waals surface area contributed by atoms with Gasteiger partial charge in [-0.15, -0.1) is 0 Å². The molecule has 0 aromatic heterocycles. The highest BCUT2D eigenvalue weighted by molar-refractivity contribution is 5.89. The van der Waals surface area contributed by atoms with E-state index in [1.165, 1.54) is 0 Å². The Balaban J connectivity index is 1.91. The average molecular weight is 321 g/mol. The van der Waals surface area contributed by atoms with Crippen molar-refractivity contribution in [1.82, 2.24) is 5.32 Å². The Labute approximate surface area is 136 Å². The Morgan fingerprint density at radius 3 is 2.70 bits per heavy atom. The summed E-state index contributed by atoms with van der Waals surface area (Å²) >= 11 is 0. The lowest BCUT2D eigenvalue weighted by atomic mass is 10.0. The largest absolute Gasteiger partial charge is 0.466 e. The first-order chi connectivity index (χ1) is 11.1. The molecule has 23 heavy (non-hydrogen) atoms. The molecule has 1 heterocycles. The van der Waals surface area contributed by atoms with E-state index in [2.05, 4.69) is 5.32 Å². The SMILES string of the molecule is CCOC(=O)C[C@@H]1CNC(c2cccc(C(=O)OCC)c2)CO1. The lowest BCUT2D eigenvalue weighted by Crippen LogP contribution is -2.42. The molecule has 1 fully saturated rings. The van der Waals surface area contributed by atoms with Gasteiger partial charge in [0, 0.05) is 6.54 Å². The normalized spacial score (nSPS) is 20.8. The number of rotatable bonds is 6. The summed E-state index contributed by atoms with van der Waals surface area (Å²) in [6.07, 6.45) is 0.0645. The molecule has 1 saturated heterocycles. The van der Waals surface area contributed by atoms with Gasteiger partial charge in [0.2, 0.25) is 0 Å². The smallest absolute Gasteiger partial charge is 0.338 e. The van der Waals surface area contributed by atoms with E-state index in [1.807, 2.05) is 18.2 Å². The summed E-state index contributed by atoms with van der Waals surface area (Å²) in [6, 6.07) is 7.30. The van der Waals surface area contributed by atoms with Crippen molar-refractivity contribution in [2.75, 3.05) is 26.4 Å². The van der Waals surface area contributed by atoms with Crippen LogP contribution in [0.15, 0.2) is 24.3 Å². The Kier molecular flexibility index (Phi) is 6.55. The van der Waals surface area contributed by atoms with Gasteiger partial charge in [-0.25, -0.2) is 4.79 Å². The third kappa shape index (κ3) is 5.04. The van der Waals surface area contributed by atoms with Crippen molar-refractivity contribution in [3.05, 3.63) is 35.4 Å². The van der Waals surface area contributed by atoms with Crippen LogP contribution in [0.2, 0.25) is 0 Å². The number of carbonyl (C=O) groups excluding carboxylic acids is 2. The molecule has 6 nitrogen and oxygen atoms in total. The molecule has 126 valence electrons. The van der Waals surface area contributed by atoms with Gasteiger partial charge in [0.25, 0.3) is 0 Å². The molecule has 1 N–H and O–H groups in total. The van der Waals surface area contributed by atoms with Crippen molar-refractivity contribution in [2.45, 2.75) is 32.4 Å². The molecule has 1 aliphatic rings. The lowest BCUT2D eigenvalue weighted by molar-refractivity contribution is -0.147. The predicted octanol–water partition coefficient (Wildman–Crippen LogP) is 1.85. The summed E-state index contributed by atoms with van der Waals surface area (Å²) < 4.78 is 15.7. The number of hydrogen-bond donors (Lipinski definition) is 1. The van der Waals surface area contributed by atoms with Gasteiger partial charge in [0.05, 0.1) is 44.0 Å². The van der Waals surface area contributed by atoms with Crippen LogP contribution in [0.25, 0.3) is 0 Å². The fourth-order valence-electron chi connectivity index (χ4n) is 2.47. The van der Waals surface area contributed by atoms with Gasteiger partial charge in [-0.2, -0.15) is 0 Å². The number of morpholine rings is 1. The average Bonchev–Trinajstić information content (AvgIpc) is 2.56. The Morgan fingerprint density at radius 1 is 1.26 bits per heavy atom. The summed E-state index contributed by atoms with van der Waals surface area (Å²) in [5.74, 6) is -0.576. The molecule has 1 aromatic rings. The number of benzene rings is 1. The van der Waals surface area contributed by atoms with E-state index < -0.39 is 0 Å². The molecule has 2 atom stereocenters. The fourth-order valence-corrected chi connectivity index (χ4v) is 2.47. The van der Waals surface area contributed by atoms with Crippen molar-refractivity contribution in [2.24, 2.45) is 0 Å².